The third-order valence-electron chi connectivity index (χ3n) is 4.58. The molecule has 4 aromatic heterocycles. The fourth-order valence-electron chi connectivity index (χ4n) is 3.46. The number of aromatic nitrogens is 7. The van der Waals surface area contributed by atoms with Gasteiger partial charge in [-0.1, -0.05) is 0 Å². The topological polar surface area (TPSA) is 77.9 Å². The number of imidazole rings is 1. The van der Waals surface area contributed by atoms with Crippen molar-refractivity contribution in [2.24, 2.45) is 0 Å². The molecule has 0 unspecified atom stereocenters. The monoisotopic (exact) mass is 334 g/mol. The summed E-state index contributed by atoms with van der Waals surface area (Å²) < 4.78 is 5.91. The van der Waals surface area contributed by atoms with Crippen molar-refractivity contribution in [3.05, 3.63) is 42.2 Å². The van der Waals surface area contributed by atoms with Gasteiger partial charge in [-0.2, -0.15) is 10.2 Å². The number of hydrogen-bond donors (Lipinski definition) is 1. The molecule has 5 heterocycles. The number of anilines is 1. The summed E-state index contributed by atoms with van der Waals surface area (Å²) >= 11 is 0. The van der Waals surface area contributed by atoms with Crippen molar-refractivity contribution < 1.29 is 0 Å². The van der Waals surface area contributed by atoms with E-state index in [-0.39, 0.29) is 0 Å². The molecule has 0 atom stereocenters. The Balaban J connectivity index is 1.71. The molecule has 0 saturated heterocycles. The predicted octanol–water partition coefficient (Wildman–Crippen LogP) is 2.21. The number of fused-ring (bicyclic) bond motifs is 2. The first-order valence-electron chi connectivity index (χ1n) is 8.38. The van der Waals surface area contributed by atoms with Gasteiger partial charge in [0.15, 0.2) is 5.65 Å². The van der Waals surface area contributed by atoms with Crippen LogP contribution in [-0.2, 0) is 6.54 Å². The van der Waals surface area contributed by atoms with Crippen LogP contribution in [0.25, 0.3) is 22.7 Å². The normalized spacial score (nSPS) is 13.8. The Labute approximate surface area is 144 Å². The third kappa shape index (κ3) is 2.07. The highest BCUT2D eigenvalue weighted by Gasteiger charge is 2.20. The molecule has 0 spiro atoms. The molecule has 5 rings (SSSR count). The van der Waals surface area contributed by atoms with Crippen LogP contribution in [0, 0.1) is 13.8 Å². The lowest BCUT2D eigenvalue weighted by Crippen LogP contribution is -2.18. The molecule has 0 radical (unpaired) electrons. The molecule has 1 N–H and O–H groups in total. The van der Waals surface area contributed by atoms with Crippen LogP contribution in [0.2, 0.25) is 0 Å². The fraction of sp³-hybridized carbons (Fsp3) is 0.294. The second-order valence-corrected chi connectivity index (χ2v) is 6.34. The summed E-state index contributed by atoms with van der Waals surface area (Å²) in [4.78, 5) is 9.25. The second kappa shape index (κ2) is 5.17. The molecule has 8 heteroatoms. The first-order valence-corrected chi connectivity index (χ1v) is 8.38. The molecule has 0 amide bonds. The Bertz CT molecular complexity index is 1080. The van der Waals surface area contributed by atoms with Crippen LogP contribution in [0.1, 0.15) is 17.8 Å². The van der Waals surface area contributed by atoms with E-state index in [9.17, 15) is 0 Å². The van der Waals surface area contributed by atoms with Gasteiger partial charge in [0.1, 0.15) is 17.3 Å². The van der Waals surface area contributed by atoms with Crippen LogP contribution in [-0.4, -0.2) is 40.5 Å². The maximum Gasteiger partial charge on any atom is 0.166 e. The van der Waals surface area contributed by atoms with E-state index in [1.54, 1.807) is 6.20 Å². The van der Waals surface area contributed by atoms with Gasteiger partial charge < -0.3 is 5.32 Å². The smallest absolute Gasteiger partial charge is 0.166 e. The van der Waals surface area contributed by atoms with E-state index >= 15 is 0 Å². The quantitative estimate of drug-likeness (QED) is 0.608. The van der Waals surface area contributed by atoms with Gasteiger partial charge in [0.25, 0.3) is 0 Å². The molecule has 0 saturated carbocycles. The maximum absolute atomic E-state index is 4.67. The van der Waals surface area contributed by atoms with Gasteiger partial charge in [-0.3, -0.25) is 4.57 Å². The molecule has 1 aliphatic rings. The molecule has 126 valence electrons. The number of aryl methyl sites for hydroxylation is 3. The van der Waals surface area contributed by atoms with Crippen molar-refractivity contribution in [2.45, 2.75) is 26.8 Å². The fourth-order valence-corrected chi connectivity index (χ4v) is 3.46. The van der Waals surface area contributed by atoms with Crippen molar-refractivity contribution in [1.82, 2.24) is 33.9 Å². The highest BCUT2D eigenvalue weighted by atomic mass is 15.4. The zero-order valence-electron chi connectivity index (χ0n) is 14.1. The lowest BCUT2D eigenvalue weighted by atomic mass is 10.3. The zero-order chi connectivity index (χ0) is 17.0. The van der Waals surface area contributed by atoms with E-state index in [4.69, 9.17) is 0 Å². The Hall–Kier alpha value is -3.16. The van der Waals surface area contributed by atoms with Gasteiger partial charge in [-0.25, -0.2) is 19.2 Å². The number of hydrogen-bond acceptors (Lipinski definition) is 5. The summed E-state index contributed by atoms with van der Waals surface area (Å²) in [5, 5.41) is 12.4. The van der Waals surface area contributed by atoms with Gasteiger partial charge in [0, 0.05) is 36.9 Å². The minimum absolute atomic E-state index is 0.815. The highest BCUT2D eigenvalue weighted by molar-refractivity contribution is 5.75. The number of rotatable bonds is 2. The van der Waals surface area contributed by atoms with Crippen molar-refractivity contribution in [1.29, 1.82) is 0 Å². The SMILES string of the molecule is Cc1cc(C)n2ncc(-c3nccn3-c3cnn4c3NCCC4)c2n1. The summed E-state index contributed by atoms with van der Waals surface area (Å²) in [7, 11) is 0. The van der Waals surface area contributed by atoms with E-state index in [2.05, 4.69) is 25.5 Å². The van der Waals surface area contributed by atoms with Crippen LogP contribution in [0.4, 0.5) is 5.82 Å². The van der Waals surface area contributed by atoms with Crippen LogP contribution in [0.15, 0.2) is 30.9 Å². The molecule has 0 bridgehead atoms. The lowest BCUT2D eigenvalue weighted by Gasteiger charge is -2.17. The molecule has 25 heavy (non-hydrogen) atoms. The van der Waals surface area contributed by atoms with Gasteiger partial charge in [0.2, 0.25) is 0 Å². The van der Waals surface area contributed by atoms with Crippen molar-refractivity contribution in [3.8, 4) is 17.1 Å². The molecule has 4 aromatic rings. The lowest BCUT2D eigenvalue weighted by molar-refractivity contribution is 0.567. The first kappa shape index (κ1) is 14.2. The number of nitrogens with one attached hydrogen (secondary N) is 1. The van der Waals surface area contributed by atoms with Gasteiger partial charge >= 0.3 is 0 Å². The van der Waals surface area contributed by atoms with Crippen LogP contribution in [0.3, 0.4) is 0 Å². The van der Waals surface area contributed by atoms with E-state index in [0.717, 1.165) is 59.4 Å². The molecule has 0 fully saturated rings. The largest absolute Gasteiger partial charge is 0.368 e. The standard InChI is InChI=1S/C17H18N8/c1-11-8-12(2)25-16(22-11)13(9-21-25)15-19-5-7-23(15)14-10-20-24-6-3-4-18-17(14)24/h5,7-10,18H,3-4,6H2,1-2H3. The van der Waals surface area contributed by atoms with E-state index in [1.807, 2.05) is 52.3 Å². The Morgan fingerprint density at radius 1 is 1.16 bits per heavy atom. The zero-order valence-corrected chi connectivity index (χ0v) is 14.1. The van der Waals surface area contributed by atoms with E-state index < -0.39 is 0 Å². The average Bonchev–Trinajstić information content (AvgIpc) is 3.31. The third-order valence-corrected chi connectivity index (χ3v) is 4.58. The van der Waals surface area contributed by atoms with E-state index in [1.165, 1.54) is 0 Å². The van der Waals surface area contributed by atoms with Crippen LogP contribution < -0.4 is 5.32 Å². The average molecular weight is 334 g/mol. The van der Waals surface area contributed by atoms with Crippen LogP contribution >= 0.6 is 0 Å². The molecular weight excluding hydrogens is 316 g/mol. The van der Waals surface area contributed by atoms with Gasteiger partial charge in [-0.15, -0.1) is 0 Å². The Morgan fingerprint density at radius 3 is 3.00 bits per heavy atom. The highest BCUT2D eigenvalue weighted by Crippen LogP contribution is 2.29. The summed E-state index contributed by atoms with van der Waals surface area (Å²) in [5.74, 6) is 1.85. The molecule has 0 aromatic carbocycles. The van der Waals surface area contributed by atoms with Crippen molar-refractivity contribution in [3.63, 3.8) is 0 Å². The molecular formula is C17H18N8. The first-order chi connectivity index (χ1) is 12.2. The predicted molar refractivity (Wildman–Crippen MR) is 93.9 cm³/mol. The number of nitrogens with zero attached hydrogens (tertiary/aromatic N) is 7. The summed E-state index contributed by atoms with van der Waals surface area (Å²) in [6.07, 6.45) is 8.55. The Morgan fingerprint density at radius 2 is 2.08 bits per heavy atom. The minimum Gasteiger partial charge on any atom is -0.368 e. The van der Waals surface area contributed by atoms with Crippen molar-refractivity contribution in [2.75, 3.05) is 11.9 Å². The van der Waals surface area contributed by atoms with Crippen LogP contribution in [0.5, 0.6) is 0 Å². The van der Waals surface area contributed by atoms with Gasteiger partial charge in [-0.05, 0) is 26.3 Å². The summed E-state index contributed by atoms with van der Waals surface area (Å²) in [5.41, 5.74) is 4.74. The van der Waals surface area contributed by atoms with E-state index in [0.29, 0.717) is 0 Å². The molecule has 8 nitrogen and oxygen atoms in total. The maximum atomic E-state index is 4.67. The second-order valence-electron chi connectivity index (χ2n) is 6.34. The van der Waals surface area contributed by atoms with Crippen molar-refractivity contribution >= 4 is 11.5 Å². The Kier molecular flexibility index (Phi) is 2.94. The molecule has 1 aliphatic heterocycles. The van der Waals surface area contributed by atoms with Gasteiger partial charge in [0.05, 0.1) is 18.0 Å². The minimum atomic E-state index is 0.815. The summed E-state index contributed by atoms with van der Waals surface area (Å²) in [6, 6.07) is 2.02. The summed E-state index contributed by atoms with van der Waals surface area (Å²) in [6.45, 7) is 5.92. The molecule has 0 aliphatic carbocycles.